The zero-order valence-corrected chi connectivity index (χ0v) is 16.4. The molecule has 1 fully saturated rings. The SMILES string of the molecule is CC[C@@H](Oc1cccc2ccccc12)C(=O)NCCSC1CCCCC1. The van der Waals surface area contributed by atoms with E-state index in [9.17, 15) is 4.79 Å². The van der Waals surface area contributed by atoms with Gasteiger partial charge in [-0.15, -0.1) is 0 Å². The molecule has 2 aromatic carbocycles. The maximum Gasteiger partial charge on any atom is 0.261 e. The van der Waals surface area contributed by atoms with Gasteiger partial charge >= 0.3 is 0 Å². The average Bonchev–Trinajstić information content (AvgIpc) is 2.70. The Hall–Kier alpha value is -1.68. The molecule has 1 saturated carbocycles. The van der Waals surface area contributed by atoms with Gasteiger partial charge < -0.3 is 10.1 Å². The molecule has 1 N–H and O–H groups in total. The van der Waals surface area contributed by atoms with Gasteiger partial charge in [0.25, 0.3) is 5.91 Å². The van der Waals surface area contributed by atoms with E-state index in [2.05, 4.69) is 17.4 Å². The van der Waals surface area contributed by atoms with E-state index in [1.165, 1.54) is 32.1 Å². The fourth-order valence-corrected chi connectivity index (χ4v) is 4.74. The summed E-state index contributed by atoms with van der Waals surface area (Å²) < 4.78 is 6.07. The predicted molar refractivity (Wildman–Crippen MR) is 111 cm³/mol. The number of nitrogens with one attached hydrogen (secondary N) is 1. The zero-order valence-electron chi connectivity index (χ0n) is 15.6. The van der Waals surface area contributed by atoms with Gasteiger partial charge in [-0.2, -0.15) is 11.8 Å². The lowest BCUT2D eigenvalue weighted by atomic mass is 10.0. The molecule has 0 radical (unpaired) electrons. The third-order valence-corrected chi connectivity index (χ3v) is 6.37. The van der Waals surface area contributed by atoms with Crippen LogP contribution in [0.1, 0.15) is 45.4 Å². The molecule has 1 amide bonds. The summed E-state index contributed by atoms with van der Waals surface area (Å²) in [5.74, 6) is 1.76. The summed E-state index contributed by atoms with van der Waals surface area (Å²) in [6.45, 7) is 2.71. The van der Waals surface area contributed by atoms with Crippen LogP contribution in [0.3, 0.4) is 0 Å². The third-order valence-electron chi connectivity index (χ3n) is 4.99. The normalized spacial score (nSPS) is 16.3. The molecule has 3 nitrogen and oxygen atoms in total. The number of hydrogen-bond donors (Lipinski definition) is 1. The molecule has 0 bridgehead atoms. The van der Waals surface area contributed by atoms with Gasteiger partial charge in [0.15, 0.2) is 6.10 Å². The standard InChI is InChI=1S/C22H29NO2S/c1-2-20(22(24)23-15-16-26-18-11-4-3-5-12-18)25-21-14-8-10-17-9-6-7-13-19(17)21/h6-10,13-14,18,20H,2-5,11-12,15-16H2,1H3,(H,23,24)/t20-/m1/s1. The minimum absolute atomic E-state index is 0.00956. The van der Waals surface area contributed by atoms with Crippen molar-refractivity contribution in [1.82, 2.24) is 5.32 Å². The van der Waals surface area contributed by atoms with Crippen LogP contribution in [-0.4, -0.2) is 29.6 Å². The van der Waals surface area contributed by atoms with Gasteiger partial charge in [-0.05, 0) is 30.7 Å². The van der Waals surface area contributed by atoms with Crippen molar-refractivity contribution in [3.8, 4) is 5.75 Å². The smallest absolute Gasteiger partial charge is 0.261 e. The first-order valence-electron chi connectivity index (χ1n) is 9.81. The lowest BCUT2D eigenvalue weighted by Crippen LogP contribution is -2.39. The number of ether oxygens (including phenoxy) is 1. The maximum atomic E-state index is 12.5. The zero-order chi connectivity index (χ0) is 18.2. The van der Waals surface area contributed by atoms with E-state index in [4.69, 9.17) is 4.74 Å². The highest BCUT2D eigenvalue weighted by atomic mass is 32.2. The molecular formula is C22H29NO2S. The second kappa shape index (κ2) is 9.86. The predicted octanol–water partition coefficient (Wildman–Crippen LogP) is 5.18. The fourth-order valence-electron chi connectivity index (χ4n) is 3.52. The Balaban J connectivity index is 1.50. The van der Waals surface area contributed by atoms with Crippen molar-refractivity contribution in [3.05, 3.63) is 42.5 Å². The van der Waals surface area contributed by atoms with Gasteiger partial charge in [-0.1, -0.05) is 62.6 Å². The van der Waals surface area contributed by atoms with Crippen LogP contribution in [0.25, 0.3) is 10.8 Å². The van der Waals surface area contributed by atoms with E-state index < -0.39 is 6.10 Å². The van der Waals surface area contributed by atoms with Gasteiger partial charge in [-0.25, -0.2) is 0 Å². The second-order valence-corrected chi connectivity index (χ2v) is 8.32. The first-order chi connectivity index (χ1) is 12.8. The van der Waals surface area contributed by atoms with Crippen molar-refractivity contribution in [3.63, 3.8) is 0 Å². The number of rotatable bonds is 8. The van der Waals surface area contributed by atoms with Crippen LogP contribution in [-0.2, 0) is 4.79 Å². The summed E-state index contributed by atoms with van der Waals surface area (Å²) in [5, 5.41) is 6.02. The highest BCUT2D eigenvalue weighted by Gasteiger charge is 2.19. The van der Waals surface area contributed by atoms with E-state index >= 15 is 0 Å². The summed E-state index contributed by atoms with van der Waals surface area (Å²) >= 11 is 2.01. The van der Waals surface area contributed by atoms with Crippen LogP contribution < -0.4 is 10.1 Å². The van der Waals surface area contributed by atoms with Crippen LogP contribution in [0.5, 0.6) is 5.75 Å². The van der Waals surface area contributed by atoms with Crippen LogP contribution in [0.2, 0.25) is 0 Å². The van der Waals surface area contributed by atoms with Crippen LogP contribution >= 0.6 is 11.8 Å². The monoisotopic (exact) mass is 371 g/mol. The highest BCUT2D eigenvalue weighted by molar-refractivity contribution is 7.99. The molecule has 1 atom stereocenters. The van der Waals surface area contributed by atoms with Crippen LogP contribution in [0.15, 0.2) is 42.5 Å². The first-order valence-corrected chi connectivity index (χ1v) is 10.9. The van der Waals surface area contributed by atoms with Crippen molar-refractivity contribution < 1.29 is 9.53 Å². The average molecular weight is 372 g/mol. The number of carbonyl (C=O) groups is 1. The fraction of sp³-hybridized carbons (Fsp3) is 0.500. The molecule has 4 heteroatoms. The van der Waals surface area contributed by atoms with Crippen molar-refractivity contribution >= 4 is 28.4 Å². The first kappa shape index (κ1) is 19.1. The molecule has 0 aliphatic heterocycles. The number of amides is 1. The number of benzene rings is 2. The van der Waals surface area contributed by atoms with Crippen molar-refractivity contribution in [2.75, 3.05) is 12.3 Å². The molecule has 140 valence electrons. The molecular weight excluding hydrogens is 342 g/mol. The Bertz CT molecular complexity index is 707. The van der Waals surface area contributed by atoms with Crippen molar-refractivity contribution in [2.45, 2.75) is 56.8 Å². The van der Waals surface area contributed by atoms with E-state index in [0.717, 1.165) is 34.1 Å². The van der Waals surface area contributed by atoms with Crippen molar-refractivity contribution in [1.29, 1.82) is 0 Å². The largest absolute Gasteiger partial charge is 0.480 e. The minimum Gasteiger partial charge on any atom is -0.480 e. The molecule has 3 rings (SSSR count). The van der Waals surface area contributed by atoms with Gasteiger partial charge in [0.1, 0.15) is 5.75 Å². The Morgan fingerprint density at radius 3 is 2.73 bits per heavy atom. The molecule has 1 aliphatic carbocycles. The molecule has 0 aromatic heterocycles. The quantitative estimate of drug-likeness (QED) is 0.650. The van der Waals surface area contributed by atoms with Gasteiger partial charge in [-0.3, -0.25) is 4.79 Å². The molecule has 0 spiro atoms. The summed E-state index contributed by atoms with van der Waals surface area (Å²) in [4.78, 5) is 12.5. The molecule has 1 aliphatic rings. The number of thioether (sulfide) groups is 1. The molecule has 0 saturated heterocycles. The molecule has 2 aromatic rings. The lowest BCUT2D eigenvalue weighted by molar-refractivity contribution is -0.127. The molecule has 26 heavy (non-hydrogen) atoms. The highest BCUT2D eigenvalue weighted by Crippen LogP contribution is 2.28. The second-order valence-electron chi connectivity index (χ2n) is 6.91. The number of hydrogen-bond acceptors (Lipinski definition) is 3. The number of carbonyl (C=O) groups excluding carboxylic acids is 1. The summed E-state index contributed by atoms with van der Waals surface area (Å²) in [6.07, 6.45) is 6.99. The summed E-state index contributed by atoms with van der Waals surface area (Å²) in [7, 11) is 0. The topological polar surface area (TPSA) is 38.3 Å². The van der Waals surface area contributed by atoms with E-state index in [1.807, 2.05) is 49.0 Å². The van der Waals surface area contributed by atoms with E-state index in [1.54, 1.807) is 0 Å². The van der Waals surface area contributed by atoms with E-state index in [-0.39, 0.29) is 5.91 Å². The van der Waals surface area contributed by atoms with Gasteiger partial charge in [0.2, 0.25) is 0 Å². The number of fused-ring (bicyclic) bond motifs is 1. The van der Waals surface area contributed by atoms with Gasteiger partial charge in [0, 0.05) is 22.9 Å². The maximum absolute atomic E-state index is 12.5. The minimum atomic E-state index is -0.444. The van der Waals surface area contributed by atoms with Gasteiger partial charge in [0.05, 0.1) is 0 Å². The Kier molecular flexibility index (Phi) is 7.24. The summed E-state index contributed by atoms with van der Waals surface area (Å²) in [6, 6.07) is 14.1. The van der Waals surface area contributed by atoms with E-state index in [0.29, 0.717) is 6.42 Å². The molecule has 0 unspecified atom stereocenters. The lowest BCUT2D eigenvalue weighted by Gasteiger charge is -2.21. The molecule has 0 heterocycles. The summed E-state index contributed by atoms with van der Waals surface area (Å²) in [5.41, 5.74) is 0. The Morgan fingerprint density at radius 2 is 1.92 bits per heavy atom. The Labute approximate surface area is 160 Å². The Morgan fingerprint density at radius 1 is 1.15 bits per heavy atom. The third kappa shape index (κ3) is 5.16. The van der Waals surface area contributed by atoms with Crippen molar-refractivity contribution in [2.24, 2.45) is 0 Å². The van der Waals surface area contributed by atoms with Crippen LogP contribution in [0, 0.1) is 0 Å². The van der Waals surface area contributed by atoms with Crippen LogP contribution in [0.4, 0.5) is 0 Å².